The van der Waals surface area contributed by atoms with E-state index in [-0.39, 0.29) is 24.4 Å². The number of methoxy groups -OCH3 is 1. The van der Waals surface area contributed by atoms with E-state index in [0.717, 1.165) is 31.2 Å². The number of rotatable bonds is 8. The van der Waals surface area contributed by atoms with Crippen molar-refractivity contribution in [1.82, 2.24) is 10.2 Å². The van der Waals surface area contributed by atoms with Crippen LogP contribution >= 0.6 is 11.3 Å². The molecule has 1 aliphatic rings. The number of nitrogens with zero attached hydrogens (tertiary/aromatic N) is 1. The number of amides is 2. The number of benzene rings is 1. The number of hydrogen-bond donors (Lipinski definition) is 1. The molecule has 33 heavy (non-hydrogen) atoms. The quantitative estimate of drug-likeness (QED) is 0.476. The molecule has 2 aromatic heterocycles. The Morgan fingerprint density at radius 1 is 1.12 bits per heavy atom. The third kappa shape index (κ3) is 5.47. The predicted molar refractivity (Wildman–Crippen MR) is 128 cm³/mol. The SMILES string of the molecule is COc1ccccc1CN(C(=O)c1cccs1)[C@H](C(=O)NC1CCCCC1)c1ccc(C)o1. The largest absolute Gasteiger partial charge is 0.496 e. The number of carbonyl (C=O) groups is 2. The van der Waals surface area contributed by atoms with Crippen LogP contribution in [0.3, 0.4) is 0 Å². The van der Waals surface area contributed by atoms with Crippen LogP contribution in [0, 0.1) is 6.92 Å². The highest BCUT2D eigenvalue weighted by molar-refractivity contribution is 7.12. The molecule has 6 nitrogen and oxygen atoms in total. The highest BCUT2D eigenvalue weighted by Gasteiger charge is 2.36. The van der Waals surface area contributed by atoms with Gasteiger partial charge in [-0.25, -0.2) is 0 Å². The van der Waals surface area contributed by atoms with Crippen molar-refractivity contribution in [3.63, 3.8) is 0 Å². The summed E-state index contributed by atoms with van der Waals surface area (Å²) in [6.45, 7) is 2.05. The minimum absolute atomic E-state index is 0.120. The molecule has 4 rings (SSSR count). The summed E-state index contributed by atoms with van der Waals surface area (Å²) < 4.78 is 11.4. The van der Waals surface area contributed by atoms with E-state index in [9.17, 15) is 9.59 Å². The van der Waals surface area contributed by atoms with Crippen molar-refractivity contribution in [3.8, 4) is 5.75 Å². The van der Waals surface area contributed by atoms with Gasteiger partial charge in [0.2, 0.25) is 0 Å². The lowest BCUT2D eigenvalue weighted by atomic mass is 9.95. The molecule has 0 aliphatic heterocycles. The van der Waals surface area contributed by atoms with Crippen molar-refractivity contribution in [3.05, 3.63) is 75.9 Å². The van der Waals surface area contributed by atoms with E-state index in [1.807, 2.05) is 48.7 Å². The van der Waals surface area contributed by atoms with Crippen LogP contribution in [0.15, 0.2) is 58.3 Å². The standard InChI is InChI=1S/C26H30N2O4S/c1-18-14-15-22(32-18)24(25(29)27-20-10-4-3-5-11-20)28(26(30)23-13-8-16-33-23)17-19-9-6-7-12-21(19)31-2/h6-9,12-16,20,24H,3-5,10-11,17H2,1-2H3,(H,27,29)/t24-/m0/s1. The van der Waals surface area contributed by atoms with Gasteiger partial charge in [-0.15, -0.1) is 11.3 Å². The summed E-state index contributed by atoms with van der Waals surface area (Å²) in [4.78, 5) is 29.6. The summed E-state index contributed by atoms with van der Waals surface area (Å²) in [7, 11) is 1.60. The van der Waals surface area contributed by atoms with Gasteiger partial charge in [0.05, 0.1) is 18.5 Å². The van der Waals surface area contributed by atoms with Gasteiger partial charge in [-0.3, -0.25) is 9.59 Å². The Bertz CT molecular complexity index is 1070. The van der Waals surface area contributed by atoms with Gasteiger partial charge in [0.25, 0.3) is 11.8 Å². The van der Waals surface area contributed by atoms with E-state index in [1.54, 1.807) is 24.1 Å². The number of thiophene rings is 1. The zero-order valence-electron chi connectivity index (χ0n) is 19.1. The van der Waals surface area contributed by atoms with Crippen LogP contribution in [0.5, 0.6) is 5.75 Å². The van der Waals surface area contributed by atoms with Gasteiger partial charge in [0.1, 0.15) is 17.3 Å². The summed E-state index contributed by atoms with van der Waals surface area (Å²) in [6.07, 6.45) is 5.33. The van der Waals surface area contributed by atoms with E-state index in [0.29, 0.717) is 22.1 Å². The second-order valence-electron chi connectivity index (χ2n) is 8.42. The third-order valence-corrected chi connectivity index (χ3v) is 6.93. The molecule has 1 aliphatic carbocycles. The number of para-hydroxylation sites is 1. The molecule has 7 heteroatoms. The third-order valence-electron chi connectivity index (χ3n) is 6.07. The van der Waals surface area contributed by atoms with Crippen LogP contribution in [0.4, 0.5) is 0 Å². The molecule has 1 fully saturated rings. The molecule has 3 aromatic rings. The molecular formula is C26H30N2O4S. The topological polar surface area (TPSA) is 71.8 Å². The molecule has 2 amide bonds. The van der Waals surface area contributed by atoms with Gasteiger partial charge in [-0.05, 0) is 49.4 Å². The van der Waals surface area contributed by atoms with Crippen LogP contribution in [-0.4, -0.2) is 29.9 Å². The smallest absolute Gasteiger partial charge is 0.265 e. The zero-order valence-corrected chi connectivity index (χ0v) is 19.9. The molecule has 1 atom stereocenters. The summed E-state index contributed by atoms with van der Waals surface area (Å²) in [5.41, 5.74) is 0.823. The first-order valence-electron chi connectivity index (χ1n) is 11.4. The Hall–Kier alpha value is -3.06. The highest BCUT2D eigenvalue weighted by Crippen LogP contribution is 2.31. The van der Waals surface area contributed by atoms with Crippen molar-refractivity contribution in [2.24, 2.45) is 0 Å². The molecule has 1 saturated carbocycles. The summed E-state index contributed by atoms with van der Waals surface area (Å²) in [6, 6.07) is 14.0. The van der Waals surface area contributed by atoms with Crippen LogP contribution in [-0.2, 0) is 11.3 Å². The first-order valence-corrected chi connectivity index (χ1v) is 12.3. The van der Waals surface area contributed by atoms with Gasteiger partial charge in [-0.1, -0.05) is 43.5 Å². The Morgan fingerprint density at radius 2 is 1.91 bits per heavy atom. The lowest BCUT2D eigenvalue weighted by molar-refractivity contribution is -0.127. The summed E-state index contributed by atoms with van der Waals surface area (Å²) >= 11 is 1.36. The molecule has 0 unspecified atom stereocenters. The number of furan rings is 1. The van der Waals surface area contributed by atoms with Gasteiger partial charge in [-0.2, -0.15) is 0 Å². The Morgan fingerprint density at radius 3 is 2.58 bits per heavy atom. The minimum Gasteiger partial charge on any atom is -0.496 e. The van der Waals surface area contributed by atoms with Crippen LogP contribution in [0.25, 0.3) is 0 Å². The fourth-order valence-corrected chi connectivity index (χ4v) is 5.07. The monoisotopic (exact) mass is 466 g/mol. The van der Waals surface area contributed by atoms with Gasteiger partial charge < -0.3 is 19.4 Å². The normalized spacial score (nSPS) is 15.1. The average Bonchev–Trinajstić information content (AvgIpc) is 3.51. The number of carbonyl (C=O) groups excluding carboxylic acids is 2. The van der Waals surface area contributed by atoms with Gasteiger partial charge in [0.15, 0.2) is 6.04 Å². The number of aryl methyl sites for hydroxylation is 1. The molecule has 0 spiro atoms. The Balaban J connectivity index is 1.73. The highest BCUT2D eigenvalue weighted by atomic mass is 32.1. The van der Waals surface area contributed by atoms with Crippen molar-refractivity contribution in [2.45, 2.75) is 57.7 Å². The van der Waals surface area contributed by atoms with Crippen LogP contribution in [0.1, 0.15) is 64.9 Å². The molecule has 1 aromatic carbocycles. The van der Waals surface area contributed by atoms with Crippen LogP contribution < -0.4 is 10.1 Å². The average molecular weight is 467 g/mol. The molecule has 0 radical (unpaired) electrons. The van der Waals surface area contributed by atoms with Crippen molar-refractivity contribution < 1.29 is 18.7 Å². The molecule has 0 bridgehead atoms. The maximum absolute atomic E-state index is 13.7. The number of ether oxygens (including phenoxy) is 1. The second-order valence-corrected chi connectivity index (χ2v) is 9.36. The van der Waals surface area contributed by atoms with E-state index in [4.69, 9.17) is 9.15 Å². The van der Waals surface area contributed by atoms with Crippen molar-refractivity contribution >= 4 is 23.2 Å². The molecule has 0 saturated heterocycles. The lowest BCUT2D eigenvalue weighted by Crippen LogP contribution is -2.46. The fourth-order valence-electron chi connectivity index (χ4n) is 4.39. The number of hydrogen-bond acceptors (Lipinski definition) is 5. The summed E-state index contributed by atoms with van der Waals surface area (Å²) in [5.74, 6) is 1.40. The lowest BCUT2D eigenvalue weighted by Gasteiger charge is -2.32. The van der Waals surface area contributed by atoms with E-state index in [2.05, 4.69) is 5.32 Å². The Kier molecular flexibility index (Phi) is 7.50. The van der Waals surface area contributed by atoms with Crippen molar-refractivity contribution in [2.75, 3.05) is 7.11 Å². The van der Waals surface area contributed by atoms with Gasteiger partial charge in [0, 0.05) is 11.6 Å². The van der Waals surface area contributed by atoms with Crippen molar-refractivity contribution in [1.29, 1.82) is 0 Å². The minimum atomic E-state index is -0.889. The van der Waals surface area contributed by atoms with Crippen LogP contribution in [0.2, 0.25) is 0 Å². The fraction of sp³-hybridized carbons (Fsp3) is 0.385. The molecule has 1 N–H and O–H groups in total. The molecule has 2 heterocycles. The molecular weight excluding hydrogens is 436 g/mol. The predicted octanol–water partition coefficient (Wildman–Crippen LogP) is 5.49. The van der Waals surface area contributed by atoms with E-state index < -0.39 is 6.04 Å². The summed E-state index contributed by atoms with van der Waals surface area (Å²) in [5, 5.41) is 5.06. The van der Waals surface area contributed by atoms with E-state index >= 15 is 0 Å². The van der Waals surface area contributed by atoms with Gasteiger partial charge >= 0.3 is 0 Å². The zero-order chi connectivity index (χ0) is 23.2. The first kappa shape index (κ1) is 23.1. The number of nitrogens with one attached hydrogen (secondary N) is 1. The maximum Gasteiger partial charge on any atom is 0.265 e. The first-order chi connectivity index (χ1) is 16.1. The maximum atomic E-state index is 13.7. The van der Waals surface area contributed by atoms with E-state index in [1.165, 1.54) is 17.8 Å². The molecule has 174 valence electrons. The Labute approximate surface area is 198 Å². The second kappa shape index (κ2) is 10.7.